The van der Waals surface area contributed by atoms with Crippen molar-refractivity contribution < 1.29 is 27.1 Å². The molecular weight excluding hydrogens is 296 g/mol. The number of rotatable bonds is 4. The van der Waals surface area contributed by atoms with E-state index in [1.807, 2.05) is 4.72 Å². The molecule has 0 saturated heterocycles. The number of halogens is 2. The third-order valence-electron chi connectivity index (χ3n) is 2.28. The Balaban J connectivity index is 2.53. The Morgan fingerprint density at radius 2 is 2.05 bits per heavy atom. The molecule has 1 aromatic heterocycles. The van der Waals surface area contributed by atoms with Gasteiger partial charge in [0, 0.05) is 6.07 Å². The topological polar surface area (TPSA) is 112 Å². The number of hydrogen-bond acceptors (Lipinski definition) is 4. The lowest BCUT2D eigenvalue weighted by Gasteiger charge is -2.08. The quantitative estimate of drug-likeness (QED) is 0.785. The normalized spacial score (nSPS) is 11.3. The number of carboxylic acids is 1. The van der Waals surface area contributed by atoms with Crippen LogP contribution in [0.2, 0.25) is 0 Å². The highest BCUT2D eigenvalue weighted by Crippen LogP contribution is 2.22. The van der Waals surface area contributed by atoms with Gasteiger partial charge in [-0.3, -0.25) is 9.82 Å². The first-order chi connectivity index (χ1) is 9.31. The fourth-order valence-electron chi connectivity index (χ4n) is 1.40. The summed E-state index contributed by atoms with van der Waals surface area (Å²) in [4.78, 5) is 9.63. The molecule has 0 unspecified atom stereocenters. The molecule has 106 valence electrons. The lowest BCUT2D eigenvalue weighted by atomic mass is 10.2. The zero-order valence-corrected chi connectivity index (χ0v) is 10.4. The minimum absolute atomic E-state index is 0.0782. The standard InChI is InChI=1S/C10H7F2N3O4S/c11-6-3-5(10(16)17)4-7(9(6)12)20(18,19)15-8-1-2-13-14-8/h1-4H,(H,16,17)(H2,13,14,15). The van der Waals surface area contributed by atoms with Crippen LogP contribution in [0.1, 0.15) is 10.4 Å². The fourth-order valence-corrected chi connectivity index (χ4v) is 2.52. The predicted octanol–water partition coefficient (Wildman–Crippen LogP) is 1.19. The van der Waals surface area contributed by atoms with Crippen molar-refractivity contribution in [3.8, 4) is 0 Å². The zero-order chi connectivity index (χ0) is 14.9. The molecule has 3 N–H and O–H groups in total. The van der Waals surface area contributed by atoms with Crippen molar-refractivity contribution in [1.29, 1.82) is 0 Å². The Morgan fingerprint density at radius 3 is 2.60 bits per heavy atom. The van der Waals surface area contributed by atoms with Crippen LogP contribution in [-0.2, 0) is 10.0 Å². The lowest BCUT2D eigenvalue weighted by molar-refractivity contribution is 0.0696. The maximum atomic E-state index is 13.6. The summed E-state index contributed by atoms with van der Waals surface area (Å²) in [6.07, 6.45) is 1.24. The van der Waals surface area contributed by atoms with Gasteiger partial charge in [0.2, 0.25) is 0 Å². The Morgan fingerprint density at radius 1 is 1.35 bits per heavy atom. The van der Waals surface area contributed by atoms with Gasteiger partial charge < -0.3 is 5.11 Å². The van der Waals surface area contributed by atoms with Crippen molar-refractivity contribution in [2.45, 2.75) is 4.90 Å². The summed E-state index contributed by atoms with van der Waals surface area (Å²) in [5, 5.41) is 14.5. The van der Waals surface area contributed by atoms with Gasteiger partial charge in [0.25, 0.3) is 10.0 Å². The summed E-state index contributed by atoms with van der Waals surface area (Å²) >= 11 is 0. The molecule has 2 rings (SSSR count). The summed E-state index contributed by atoms with van der Waals surface area (Å²) in [6, 6.07) is 2.17. The third-order valence-corrected chi connectivity index (χ3v) is 3.64. The van der Waals surface area contributed by atoms with E-state index in [0.29, 0.717) is 12.1 Å². The van der Waals surface area contributed by atoms with E-state index < -0.39 is 38.1 Å². The van der Waals surface area contributed by atoms with Crippen LogP contribution in [0.4, 0.5) is 14.6 Å². The SMILES string of the molecule is O=C(O)c1cc(F)c(F)c(S(=O)(=O)Nc2ccn[nH]2)c1. The molecule has 1 heterocycles. The molecule has 0 bridgehead atoms. The first kappa shape index (κ1) is 13.9. The number of carbonyl (C=O) groups is 1. The highest BCUT2D eigenvalue weighted by Gasteiger charge is 2.25. The first-order valence-electron chi connectivity index (χ1n) is 5.06. The van der Waals surface area contributed by atoms with E-state index in [1.54, 1.807) is 0 Å². The largest absolute Gasteiger partial charge is 0.478 e. The first-order valence-corrected chi connectivity index (χ1v) is 6.54. The number of H-pyrrole nitrogens is 1. The van der Waals surface area contributed by atoms with Crippen LogP contribution in [-0.4, -0.2) is 29.7 Å². The molecule has 0 aliphatic carbocycles. The average Bonchev–Trinajstić information content (AvgIpc) is 2.83. The molecule has 0 saturated carbocycles. The molecule has 1 aromatic carbocycles. The van der Waals surface area contributed by atoms with Crippen LogP contribution in [0.25, 0.3) is 0 Å². The predicted molar refractivity (Wildman–Crippen MR) is 62.7 cm³/mol. The number of nitrogens with zero attached hydrogens (tertiary/aromatic N) is 1. The monoisotopic (exact) mass is 303 g/mol. The highest BCUT2D eigenvalue weighted by atomic mass is 32.2. The molecule has 0 radical (unpaired) electrons. The second-order valence-corrected chi connectivity index (χ2v) is 5.30. The molecule has 10 heteroatoms. The number of anilines is 1. The molecule has 20 heavy (non-hydrogen) atoms. The lowest BCUT2D eigenvalue weighted by Crippen LogP contribution is -2.17. The van der Waals surface area contributed by atoms with Crippen molar-refractivity contribution in [2.24, 2.45) is 0 Å². The van der Waals surface area contributed by atoms with E-state index in [4.69, 9.17) is 5.11 Å². The number of aromatic nitrogens is 2. The van der Waals surface area contributed by atoms with Gasteiger partial charge >= 0.3 is 5.97 Å². The van der Waals surface area contributed by atoms with Crippen LogP contribution in [0, 0.1) is 11.6 Å². The zero-order valence-electron chi connectivity index (χ0n) is 9.59. The summed E-state index contributed by atoms with van der Waals surface area (Å²) in [5.74, 6) is -4.90. The van der Waals surface area contributed by atoms with E-state index in [-0.39, 0.29) is 5.82 Å². The summed E-state index contributed by atoms with van der Waals surface area (Å²) < 4.78 is 52.5. The van der Waals surface area contributed by atoms with Crippen molar-refractivity contribution in [2.75, 3.05) is 4.72 Å². The van der Waals surface area contributed by atoms with Crippen molar-refractivity contribution >= 4 is 21.8 Å². The molecule has 0 amide bonds. The second kappa shape index (κ2) is 4.89. The van der Waals surface area contributed by atoms with E-state index in [9.17, 15) is 22.0 Å². The number of aromatic amines is 1. The van der Waals surface area contributed by atoms with E-state index >= 15 is 0 Å². The Kier molecular flexibility index (Phi) is 3.40. The van der Waals surface area contributed by atoms with Gasteiger partial charge in [-0.2, -0.15) is 5.10 Å². The number of hydrogen-bond donors (Lipinski definition) is 3. The van der Waals surface area contributed by atoms with Crippen molar-refractivity contribution in [1.82, 2.24) is 10.2 Å². The molecule has 0 atom stereocenters. The highest BCUT2D eigenvalue weighted by molar-refractivity contribution is 7.92. The van der Waals surface area contributed by atoms with Crippen molar-refractivity contribution in [3.05, 3.63) is 41.6 Å². The maximum absolute atomic E-state index is 13.6. The average molecular weight is 303 g/mol. The molecule has 0 aliphatic rings. The minimum Gasteiger partial charge on any atom is -0.478 e. The van der Waals surface area contributed by atoms with Crippen LogP contribution in [0.5, 0.6) is 0 Å². The number of sulfonamides is 1. The van der Waals surface area contributed by atoms with Crippen LogP contribution in [0.15, 0.2) is 29.3 Å². The number of aromatic carboxylic acids is 1. The molecule has 0 spiro atoms. The summed E-state index contributed by atoms with van der Waals surface area (Å²) in [6.45, 7) is 0. The van der Waals surface area contributed by atoms with E-state index in [0.717, 1.165) is 0 Å². The second-order valence-electron chi connectivity index (χ2n) is 3.65. The van der Waals surface area contributed by atoms with Crippen molar-refractivity contribution in [3.63, 3.8) is 0 Å². The number of benzene rings is 1. The summed E-state index contributed by atoms with van der Waals surface area (Å²) in [7, 11) is -4.49. The third kappa shape index (κ3) is 2.59. The van der Waals surface area contributed by atoms with Gasteiger partial charge in [-0.25, -0.2) is 22.0 Å². The van der Waals surface area contributed by atoms with Gasteiger partial charge in [0.1, 0.15) is 10.7 Å². The number of nitrogens with one attached hydrogen (secondary N) is 2. The molecule has 2 aromatic rings. The Labute approximate surface area is 111 Å². The van der Waals surface area contributed by atoms with Crippen LogP contribution >= 0.6 is 0 Å². The summed E-state index contributed by atoms with van der Waals surface area (Å²) in [5.41, 5.74) is -0.686. The molecule has 7 nitrogen and oxygen atoms in total. The van der Waals surface area contributed by atoms with E-state index in [2.05, 4.69) is 10.2 Å². The molecule has 0 fully saturated rings. The Bertz CT molecular complexity index is 759. The van der Waals surface area contributed by atoms with Gasteiger partial charge in [-0.15, -0.1) is 0 Å². The van der Waals surface area contributed by atoms with Crippen LogP contribution < -0.4 is 4.72 Å². The maximum Gasteiger partial charge on any atom is 0.335 e. The van der Waals surface area contributed by atoms with Gasteiger partial charge in [0.15, 0.2) is 11.6 Å². The van der Waals surface area contributed by atoms with E-state index in [1.165, 1.54) is 12.3 Å². The fraction of sp³-hybridized carbons (Fsp3) is 0. The molecular formula is C10H7F2N3O4S. The van der Waals surface area contributed by atoms with Gasteiger partial charge in [-0.05, 0) is 12.1 Å². The van der Waals surface area contributed by atoms with Crippen LogP contribution in [0.3, 0.4) is 0 Å². The smallest absolute Gasteiger partial charge is 0.335 e. The van der Waals surface area contributed by atoms with Gasteiger partial charge in [0.05, 0.1) is 11.8 Å². The number of carboxylic acid groups (broad SMARTS) is 1. The Hall–Kier alpha value is -2.49. The molecule has 0 aliphatic heterocycles. The van der Waals surface area contributed by atoms with Gasteiger partial charge in [-0.1, -0.05) is 0 Å². The minimum atomic E-state index is -4.49.